The lowest BCUT2D eigenvalue weighted by molar-refractivity contribution is 0.151. The van der Waals surface area contributed by atoms with Gasteiger partial charge in [0, 0.05) is 25.0 Å². The Bertz CT molecular complexity index is 561. The number of rotatable bonds is 4. The summed E-state index contributed by atoms with van der Waals surface area (Å²) in [4.78, 5) is 10.2. The number of hydrogen-bond donors (Lipinski definition) is 1. The lowest BCUT2D eigenvalue weighted by Crippen LogP contribution is -2.41. The molecule has 1 fully saturated rings. The summed E-state index contributed by atoms with van der Waals surface area (Å²) in [6.07, 6.45) is 5.88. The van der Waals surface area contributed by atoms with Crippen LogP contribution in [0.3, 0.4) is 0 Å². The first-order valence-corrected chi connectivity index (χ1v) is 8.00. The smallest absolute Gasteiger partial charge is 0.108 e. The third-order valence-corrected chi connectivity index (χ3v) is 4.52. The number of pyridine rings is 1. The molecule has 2 aromatic heterocycles. The van der Waals surface area contributed by atoms with Crippen molar-refractivity contribution in [2.45, 2.75) is 32.7 Å². The zero-order valence-corrected chi connectivity index (χ0v) is 12.6. The van der Waals surface area contributed by atoms with Crippen LogP contribution in [-0.4, -0.2) is 28.1 Å². The van der Waals surface area contributed by atoms with Gasteiger partial charge in [-0.05, 0) is 31.9 Å². The molecule has 0 atom stereocenters. The molecule has 5 heteroatoms. The molecule has 1 saturated heterocycles. The number of nitrogens with zero attached hydrogens (tertiary/aromatic N) is 3. The Labute approximate surface area is 123 Å². The van der Waals surface area contributed by atoms with Crippen LogP contribution in [-0.2, 0) is 6.54 Å². The average molecular weight is 288 g/mol. The van der Waals surface area contributed by atoms with Crippen molar-refractivity contribution in [3.05, 3.63) is 35.1 Å². The fraction of sp³-hybridized carbons (Fsp3) is 0.467. The van der Waals surface area contributed by atoms with Gasteiger partial charge in [0.1, 0.15) is 5.01 Å². The molecular formula is C15H20N4S. The second-order valence-electron chi connectivity index (χ2n) is 5.17. The van der Waals surface area contributed by atoms with E-state index in [1.54, 1.807) is 11.3 Å². The van der Waals surface area contributed by atoms with Crippen LogP contribution in [0.5, 0.6) is 0 Å². The summed E-state index contributed by atoms with van der Waals surface area (Å²) in [5.41, 5.74) is 5.54. The van der Waals surface area contributed by atoms with E-state index in [0.717, 1.165) is 40.9 Å². The van der Waals surface area contributed by atoms with E-state index >= 15 is 0 Å². The standard InChI is InChI=1S/C15H20N4S/c1-12-6-5-7-13(18-12)14-10-16-15(20-14)11-17-19-8-3-2-4-9-19/h5-7,10,17H,2-4,8-9,11H2,1H3. The lowest BCUT2D eigenvalue weighted by Gasteiger charge is -2.26. The topological polar surface area (TPSA) is 41.1 Å². The van der Waals surface area contributed by atoms with Gasteiger partial charge in [0.25, 0.3) is 0 Å². The molecular weight excluding hydrogens is 268 g/mol. The van der Waals surface area contributed by atoms with E-state index in [9.17, 15) is 0 Å². The van der Waals surface area contributed by atoms with Crippen molar-refractivity contribution in [2.24, 2.45) is 0 Å². The average Bonchev–Trinajstić information content (AvgIpc) is 2.95. The Morgan fingerprint density at radius 2 is 2.10 bits per heavy atom. The van der Waals surface area contributed by atoms with Crippen molar-refractivity contribution in [2.75, 3.05) is 13.1 Å². The van der Waals surface area contributed by atoms with Crippen LogP contribution < -0.4 is 5.43 Å². The SMILES string of the molecule is Cc1cccc(-c2cnc(CNN3CCCCC3)s2)n1. The van der Waals surface area contributed by atoms with Crippen molar-refractivity contribution in [1.82, 2.24) is 20.4 Å². The van der Waals surface area contributed by atoms with Crippen LogP contribution >= 0.6 is 11.3 Å². The van der Waals surface area contributed by atoms with Gasteiger partial charge in [-0.1, -0.05) is 12.5 Å². The second kappa shape index (κ2) is 6.43. The summed E-state index contributed by atoms with van der Waals surface area (Å²) in [5, 5.41) is 3.43. The number of thiazole rings is 1. The fourth-order valence-corrected chi connectivity index (χ4v) is 3.24. The van der Waals surface area contributed by atoms with Gasteiger partial charge in [-0.15, -0.1) is 11.3 Å². The van der Waals surface area contributed by atoms with Gasteiger partial charge in [0.2, 0.25) is 0 Å². The molecule has 0 radical (unpaired) electrons. The number of aryl methyl sites for hydroxylation is 1. The van der Waals surface area contributed by atoms with Crippen LogP contribution in [0.25, 0.3) is 10.6 Å². The lowest BCUT2D eigenvalue weighted by atomic mass is 10.2. The Hall–Kier alpha value is -1.30. The maximum absolute atomic E-state index is 4.55. The summed E-state index contributed by atoms with van der Waals surface area (Å²) < 4.78 is 0. The number of hydrogen-bond acceptors (Lipinski definition) is 5. The first-order chi connectivity index (χ1) is 9.81. The summed E-state index contributed by atoms with van der Waals surface area (Å²) in [7, 11) is 0. The van der Waals surface area contributed by atoms with E-state index in [0.29, 0.717) is 0 Å². The van der Waals surface area contributed by atoms with Crippen LogP contribution in [0.2, 0.25) is 0 Å². The minimum atomic E-state index is 0.816. The van der Waals surface area contributed by atoms with Crippen LogP contribution in [0.15, 0.2) is 24.4 Å². The summed E-state index contributed by atoms with van der Waals surface area (Å²) in [6, 6.07) is 6.11. The van der Waals surface area contributed by atoms with Gasteiger partial charge >= 0.3 is 0 Å². The number of hydrazine groups is 1. The molecule has 3 rings (SSSR count). The molecule has 1 N–H and O–H groups in total. The summed E-state index contributed by atoms with van der Waals surface area (Å²) in [5.74, 6) is 0. The van der Waals surface area contributed by atoms with E-state index in [1.807, 2.05) is 31.3 Å². The predicted octanol–water partition coefficient (Wildman–Crippen LogP) is 3.00. The maximum Gasteiger partial charge on any atom is 0.108 e. The normalized spacial score (nSPS) is 16.4. The van der Waals surface area contributed by atoms with Crippen molar-refractivity contribution >= 4 is 11.3 Å². The Morgan fingerprint density at radius 3 is 2.90 bits per heavy atom. The van der Waals surface area contributed by atoms with E-state index in [2.05, 4.69) is 20.4 Å². The van der Waals surface area contributed by atoms with E-state index in [1.165, 1.54) is 19.3 Å². The predicted molar refractivity (Wildman–Crippen MR) is 82.3 cm³/mol. The van der Waals surface area contributed by atoms with Gasteiger partial charge < -0.3 is 0 Å². The van der Waals surface area contributed by atoms with Crippen molar-refractivity contribution in [3.63, 3.8) is 0 Å². The van der Waals surface area contributed by atoms with Crippen molar-refractivity contribution < 1.29 is 0 Å². The Morgan fingerprint density at radius 1 is 1.25 bits per heavy atom. The van der Waals surface area contributed by atoms with Gasteiger partial charge in [0.15, 0.2) is 0 Å². The molecule has 20 heavy (non-hydrogen) atoms. The highest BCUT2D eigenvalue weighted by molar-refractivity contribution is 7.15. The van der Waals surface area contributed by atoms with Crippen molar-refractivity contribution in [3.8, 4) is 10.6 Å². The third kappa shape index (κ3) is 3.42. The fourth-order valence-electron chi connectivity index (χ4n) is 2.42. The van der Waals surface area contributed by atoms with Gasteiger partial charge in [0.05, 0.1) is 17.1 Å². The molecule has 0 bridgehead atoms. The minimum absolute atomic E-state index is 0.816. The number of nitrogens with one attached hydrogen (secondary N) is 1. The molecule has 0 saturated carbocycles. The minimum Gasteiger partial charge on any atom is -0.252 e. The maximum atomic E-state index is 4.55. The van der Waals surface area contributed by atoms with Gasteiger partial charge in [-0.3, -0.25) is 4.98 Å². The quantitative estimate of drug-likeness (QED) is 0.939. The Balaban J connectivity index is 1.61. The molecule has 2 aromatic rings. The molecule has 3 heterocycles. The van der Waals surface area contributed by atoms with Crippen LogP contribution in [0.1, 0.15) is 30.0 Å². The molecule has 0 amide bonds. The molecule has 1 aliphatic rings. The first-order valence-electron chi connectivity index (χ1n) is 7.18. The summed E-state index contributed by atoms with van der Waals surface area (Å²) >= 11 is 1.72. The molecule has 0 spiro atoms. The highest BCUT2D eigenvalue weighted by Crippen LogP contribution is 2.24. The largest absolute Gasteiger partial charge is 0.252 e. The van der Waals surface area contributed by atoms with Crippen LogP contribution in [0.4, 0.5) is 0 Å². The van der Waals surface area contributed by atoms with Crippen molar-refractivity contribution in [1.29, 1.82) is 0 Å². The number of piperidine rings is 1. The Kier molecular flexibility index (Phi) is 4.40. The molecule has 106 valence electrons. The highest BCUT2D eigenvalue weighted by Gasteiger charge is 2.11. The first kappa shape index (κ1) is 13.7. The number of aromatic nitrogens is 2. The second-order valence-corrected chi connectivity index (χ2v) is 6.28. The van der Waals surface area contributed by atoms with Crippen LogP contribution in [0, 0.1) is 6.92 Å². The van der Waals surface area contributed by atoms with Gasteiger partial charge in [-0.2, -0.15) is 0 Å². The molecule has 1 aliphatic heterocycles. The molecule has 4 nitrogen and oxygen atoms in total. The zero-order chi connectivity index (χ0) is 13.8. The molecule has 0 aliphatic carbocycles. The summed E-state index contributed by atoms with van der Waals surface area (Å²) in [6.45, 7) is 5.13. The molecule has 0 aromatic carbocycles. The highest BCUT2D eigenvalue weighted by atomic mass is 32.1. The van der Waals surface area contributed by atoms with E-state index in [-0.39, 0.29) is 0 Å². The van der Waals surface area contributed by atoms with E-state index in [4.69, 9.17) is 0 Å². The van der Waals surface area contributed by atoms with E-state index < -0.39 is 0 Å². The molecule has 0 unspecified atom stereocenters. The monoisotopic (exact) mass is 288 g/mol. The third-order valence-electron chi connectivity index (χ3n) is 3.50. The zero-order valence-electron chi connectivity index (χ0n) is 11.8. The van der Waals surface area contributed by atoms with Gasteiger partial charge in [-0.25, -0.2) is 15.4 Å².